The first-order valence-corrected chi connectivity index (χ1v) is 4.60. The lowest BCUT2D eigenvalue weighted by Crippen LogP contribution is -2.30. The van der Waals surface area contributed by atoms with E-state index in [2.05, 4.69) is 0 Å². The van der Waals surface area contributed by atoms with Crippen LogP contribution in [0.25, 0.3) is 0 Å². The third-order valence-electron chi connectivity index (χ3n) is 2.12. The molecular formula is C11H15FN2. The Morgan fingerprint density at radius 1 is 1.36 bits per heavy atom. The number of para-hydroxylation sites is 1. The van der Waals surface area contributed by atoms with Gasteiger partial charge < -0.3 is 4.90 Å². The molecule has 1 aromatic carbocycles. The number of amidine groups is 1. The molecule has 0 atom stereocenters. The minimum absolute atomic E-state index is 0.0969. The Morgan fingerprint density at radius 3 is 2.43 bits per heavy atom. The molecule has 0 saturated carbocycles. The standard InChI is InChI=1S/C11H15FN2/c1-8(2)11(13)14(3)10-7-5-4-6-9(10)12/h4-8,13H,1-3H3. The largest absolute Gasteiger partial charge is 0.331 e. The summed E-state index contributed by atoms with van der Waals surface area (Å²) < 4.78 is 13.3. The lowest BCUT2D eigenvalue weighted by atomic mass is 10.1. The third-order valence-corrected chi connectivity index (χ3v) is 2.12. The van der Waals surface area contributed by atoms with Gasteiger partial charge >= 0.3 is 0 Å². The van der Waals surface area contributed by atoms with Crippen LogP contribution in [-0.4, -0.2) is 12.9 Å². The van der Waals surface area contributed by atoms with Crippen molar-refractivity contribution in [3.63, 3.8) is 0 Å². The molecule has 0 aromatic heterocycles. The van der Waals surface area contributed by atoms with Crippen LogP contribution in [0.1, 0.15) is 13.8 Å². The van der Waals surface area contributed by atoms with Gasteiger partial charge in [-0.05, 0) is 12.1 Å². The molecule has 0 fully saturated rings. The highest BCUT2D eigenvalue weighted by molar-refractivity contribution is 5.96. The van der Waals surface area contributed by atoms with Crippen molar-refractivity contribution in [1.29, 1.82) is 5.41 Å². The second-order valence-electron chi connectivity index (χ2n) is 3.55. The van der Waals surface area contributed by atoms with Crippen LogP contribution < -0.4 is 4.90 Å². The zero-order valence-electron chi connectivity index (χ0n) is 8.71. The Kier molecular flexibility index (Phi) is 3.23. The second-order valence-corrected chi connectivity index (χ2v) is 3.55. The van der Waals surface area contributed by atoms with Crippen molar-refractivity contribution in [2.75, 3.05) is 11.9 Å². The highest BCUT2D eigenvalue weighted by atomic mass is 19.1. The average molecular weight is 194 g/mol. The first-order chi connectivity index (χ1) is 6.54. The van der Waals surface area contributed by atoms with E-state index in [1.807, 2.05) is 13.8 Å². The molecule has 1 rings (SSSR count). The SMILES string of the molecule is CC(C)C(=N)N(C)c1ccccc1F. The molecule has 0 bridgehead atoms. The van der Waals surface area contributed by atoms with Gasteiger partial charge in [0.1, 0.15) is 11.7 Å². The monoisotopic (exact) mass is 194 g/mol. The lowest BCUT2D eigenvalue weighted by molar-refractivity contribution is 0.627. The van der Waals surface area contributed by atoms with E-state index in [1.54, 1.807) is 30.1 Å². The summed E-state index contributed by atoms with van der Waals surface area (Å²) in [6, 6.07) is 6.49. The molecule has 76 valence electrons. The molecule has 3 heteroatoms. The van der Waals surface area contributed by atoms with Gasteiger partial charge in [-0.15, -0.1) is 0 Å². The third kappa shape index (κ3) is 2.10. The van der Waals surface area contributed by atoms with Crippen LogP contribution >= 0.6 is 0 Å². The van der Waals surface area contributed by atoms with Gasteiger partial charge in [0.05, 0.1) is 5.69 Å². The Morgan fingerprint density at radius 2 is 1.93 bits per heavy atom. The van der Waals surface area contributed by atoms with Crippen LogP contribution in [0.4, 0.5) is 10.1 Å². The number of hydrogen-bond donors (Lipinski definition) is 1. The Balaban J connectivity index is 2.95. The Labute approximate surface area is 83.9 Å². The molecule has 0 unspecified atom stereocenters. The number of rotatable bonds is 2. The zero-order chi connectivity index (χ0) is 10.7. The van der Waals surface area contributed by atoms with E-state index < -0.39 is 0 Å². The zero-order valence-corrected chi connectivity index (χ0v) is 8.71. The van der Waals surface area contributed by atoms with Gasteiger partial charge in [0.25, 0.3) is 0 Å². The summed E-state index contributed by atoms with van der Waals surface area (Å²) in [5.74, 6) is 0.218. The maximum atomic E-state index is 13.3. The summed E-state index contributed by atoms with van der Waals surface area (Å²) >= 11 is 0. The van der Waals surface area contributed by atoms with Crippen molar-refractivity contribution in [2.45, 2.75) is 13.8 Å². The van der Waals surface area contributed by atoms with Crippen LogP contribution in [0.5, 0.6) is 0 Å². The van der Waals surface area contributed by atoms with E-state index in [-0.39, 0.29) is 11.7 Å². The fourth-order valence-corrected chi connectivity index (χ4v) is 1.24. The van der Waals surface area contributed by atoms with E-state index in [0.29, 0.717) is 11.5 Å². The van der Waals surface area contributed by atoms with E-state index >= 15 is 0 Å². The topological polar surface area (TPSA) is 27.1 Å². The average Bonchev–Trinajstić information content (AvgIpc) is 2.16. The molecule has 0 aliphatic heterocycles. The molecule has 2 nitrogen and oxygen atoms in total. The molecule has 0 amide bonds. The van der Waals surface area contributed by atoms with Crippen LogP contribution in [0, 0.1) is 17.1 Å². The highest BCUT2D eigenvalue weighted by Crippen LogP contribution is 2.18. The molecule has 0 spiro atoms. The van der Waals surface area contributed by atoms with Crippen LogP contribution in [0.3, 0.4) is 0 Å². The number of benzene rings is 1. The van der Waals surface area contributed by atoms with E-state index in [1.165, 1.54) is 6.07 Å². The smallest absolute Gasteiger partial charge is 0.146 e. The van der Waals surface area contributed by atoms with Gasteiger partial charge in [-0.25, -0.2) is 4.39 Å². The van der Waals surface area contributed by atoms with Gasteiger partial charge in [-0.2, -0.15) is 0 Å². The molecule has 0 aliphatic carbocycles. The van der Waals surface area contributed by atoms with Crippen LogP contribution in [0.2, 0.25) is 0 Å². The molecule has 0 aliphatic rings. The highest BCUT2D eigenvalue weighted by Gasteiger charge is 2.13. The van der Waals surface area contributed by atoms with Crippen LogP contribution in [0.15, 0.2) is 24.3 Å². The maximum absolute atomic E-state index is 13.3. The van der Waals surface area contributed by atoms with Gasteiger partial charge in [0.15, 0.2) is 0 Å². The first-order valence-electron chi connectivity index (χ1n) is 4.60. The molecule has 14 heavy (non-hydrogen) atoms. The van der Waals surface area contributed by atoms with Crippen molar-refractivity contribution in [2.24, 2.45) is 5.92 Å². The summed E-state index contributed by atoms with van der Waals surface area (Å²) in [5, 5.41) is 7.74. The summed E-state index contributed by atoms with van der Waals surface area (Å²) in [4.78, 5) is 1.57. The predicted molar refractivity (Wildman–Crippen MR) is 57.4 cm³/mol. The number of hydrogen-bond acceptors (Lipinski definition) is 1. The summed E-state index contributed by atoms with van der Waals surface area (Å²) in [6.07, 6.45) is 0. The number of anilines is 1. The van der Waals surface area contributed by atoms with Gasteiger partial charge in [-0.3, -0.25) is 5.41 Å². The lowest BCUT2D eigenvalue weighted by Gasteiger charge is -2.22. The Bertz CT molecular complexity index is 334. The molecule has 0 radical (unpaired) electrons. The van der Waals surface area contributed by atoms with E-state index in [4.69, 9.17) is 5.41 Å². The Hall–Kier alpha value is -1.38. The first kappa shape index (κ1) is 10.7. The molecule has 0 saturated heterocycles. The summed E-state index contributed by atoms with van der Waals surface area (Å²) in [6.45, 7) is 3.83. The molecule has 1 aromatic rings. The minimum atomic E-state index is -0.291. The summed E-state index contributed by atoms with van der Waals surface area (Å²) in [7, 11) is 1.71. The number of nitrogens with zero attached hydrogens (tertiary/aromatic N) is 1. The van der Waals surface area contributed by atoms with Crippen molar-refractivity contribution in [3.05, 3.63) is 30.1 Å². The van der Waals surface area contributed by atoms with Crippen molar-refractivity contribution in [1.82, 2.24) is 0 Å². The van der Waals surface area contributed by atoms with Gasteiger partial charge in [0.2, 0.25) is 0 Å². The summed E-state index contributed by atoms with van der Waals surface area (Å²) in [5.41, 5.74) is 0.450. The van der Waals surface area contributed by atoms with Gasteiger partial charge in [-0.1, -0.05) is 26.0 Å². The van der Waals surface area contributed by atoms with E-state index in [9.17, 15) is 4.39 Å². The normalized spacial score (nSPS) is 10.4. The minimum Gasteiger partial charge on any atom is -0.331 e. The molecular weight excluding hydrogens is 179 g/mol. The molecule has 1 N–H and O–H groups in total. The van der Waals surface area contributed by atoms with Crippen molar-refractivity contribution in [3.8, 4) is 0 Å². The fourth-order valence-electron chi connectivity index (χ4n) is 1.24. The molecule has 0 heterocycles. The fraction of sp³-hybridized carbons (Fsp3) is 0.364. The van der Waals surface area contributed by atoms with Crippen LogP contribution in [-0.2, 0) is 0 Å². The number of halogens is 1. The van der Waals surface area contributed by atoms with Crippen molar-refractivity contribution >= 4 is 11.5 Å². The second kappa shape index (κ2) is 4.22. The van der Waals surface area contributed by atoms with Crippen molar-refractivity contribution < 1.29 is 4.39 Å². The van der Waals surface area contributed by atoms with E-state index in [0.717, 1.165) is 0 Å². The number of nitrogens with one attached hydrogen (secondary N) is 1. The van der Waals surface area contributed by atoms with Gasteiger partial charge in [0, 0.05) is 13.0 Å². The predicted octanol–water partition coefficient (Wildman–Crippen LogP) is 2.90. The quantitative estimate of drug-likeness (QED) is 0.568. The maximum Gasteiger partial charge on any atom is 0.146 e.